The molecule has 1 amide bonds. The molecule has 124 valence electrons. The fourth-order valence-electron chi connectivity index (χ4n) is 2.16. The SMILES string of the molecule is CC(C)(C)OC(=O)N1CCN(c2nc(C(C)(C)C)cs2)CC1. The van der Waals surface area contributed by atoms with Crippen molar-refractivity contribution in [3.05, 3.63) is 11.1 Å². The van der Waals surface area contributed by atoms with Crippen LogP contribution in [0.3, 0.4) is 0 Å². The molecule has 0 saturated carbocycles. The highest BCUT2D eigenvalue weighted by atomic mass is 32.1. The van der Waals surface area contributed by atoms with Gasteiger partial charge in [-0.15, -0.1) is 11.3 Å². The summed E-state index contributed by atoms with van der Waals surface area (Å²) in [5, 5.41) is 3.18. The molecule has 0 radical (unpaired) electrons. The van der Waals surface area contributed by atoms with Gasteiger partial charge in [-0.1, -0.05) is 20.8 Å². The molecule has 1 saturated heterocycles. The van der Waals surface area contributed by atoms with Gasteiger partial charge in [-0.25, -0.2) is 9.78 Å². The molecule has 2 rings (SSSR count). The summed E-state index contributed by atoms with van der Waals surface area (Å²) in [5.74, 6) is 0. The number of hydrogen-bond donors (Lipinski definition) is 0. The van der Waals surface area contributed by atoms with Crippen molar-refractivity contribution in [2.75, 3.05) is 31.1 Å². The maximum absolute atomic E-state index is 12.1. The van der Waals surface area contributed by atoms with Gasteiger partial charge in [-0.2, -0.15) is 0 Å². The number of anilines is 1. The van der Waals surface area contributed by atoms with E-state index in [1.165, 1.54) is 0 Å². The third kappa shape index (κ3) is 4.35. The van der Waals surface area contributed by atoms with Gasteiger partial charge in [-0.05, 0) is 20.8 Å². The average Bonchev–Trinajstić information content (AvgIpc) is 2.86. The monoisotopic (exact) mass is 325 g/mol. The van der Waals surface area contributed by atoms with Crippen molar-refractivity contribution in [1.29, 1.82) is 0 Å². The van der Waals surface area contributed by atoms with E-state index in [1.54, 1.807) is 16.2 Å². The van der Waals surface area contributed by atoms with Crippen molar-refractivity contribution < 1.29 is 9.53 Å². The van der Waals surface area contributed by atoms with E-state index in [2.05, 4.69) is 31.1 Å². The van der Waals surface area contributed by atoms with Crippen molar-refractivity contribution in [3.8, 4) is 0 Å². The first-order valence-electron chi connectivity index (χ1n) is 7.75. The quantitative estimate of drug-likeness (QED) is 0.793. The summed E-state index contributed by atoms with van der Waals surface area (Å²) >= 11 is 1.68. The molecular weight excluding hydrogens is 298 g/mol. The van der Waals surface area contributed by atoms with Crippen molar-refractivity contribution in [2.45, 2.75) is 52.6 Å². The lowest BCUT2D eigenvalue weighted by atomic mass is 9.93. The second-order valence-electron chi connectivity index (χ2n) is 7.72. The van der Waals surface area contributed by atoms with Crippen molar-refractivity contribution >= 4 is 22.6 Å². The number of carbonyl (C=O) groups excluding carboxylic acids is 1. The average molecular weight is 325 g/mol. The molecule has 1 fully saturated rings. The van der Waals surface area contributed by atoms with Crippen LogP contribution in [0.2, 0.25) is 0 Å². The zero-order chi connectivity index (χ0) is 16.5. The Morgan fingerprint density at radius 2 is 1.73 bits per heavy atom. The lowest BCUT2D eigenvalue weighted by Gasteiger charge is -2.35. The summed E-state index contributed by atoms with van der Waals surface area (Å²) in [6, 6.07) is 0. The van der Waals surface area contributed by atoms with Gasteiger partial charge in [0.2, 0.25) is 0 Å². The van der Waals surface area contributed by atoms with E-state index in [1.807, 2.05) is 20.8 Å². The third-order valence-electron chi connectivity index (χ3n) is 3.46. The van der Waals surface area contributed by atoms with Crippen LogP contribution in [0.15, 0.2) is 5.38 Å². The molecule has 0 unspecified atom stereocenters. The maximum Gasteiger partial charge on any atom is 0.410 e. The van der Waals surface area contributed by atoms with Crippen LogP contribution in [-0.2, 0) is 10.2 Å². The molecule has 0 spiro atoms. The number of hydrogen-bond acceptors (Lipinski definition) is 5. The third-order valence-corrected chi connectivity index (χ3v) is 4.36. The summed E-state index contributed by atoms with van der Waals surface area (Å²) in [4.78, 5) is 20.8. The molecule has 0 atom stereocenters. The van der Waals surface area contributed by atoms with Gasteiger partial charge in [0.05, 0.1) is 5.69 Å². The van der Waals surface area contributed by atoms with E-state index in [9.17, 15) is 4.79 Å². The fraction of sp³-hybridized carbons (Fsp3) is 0.750. The van der Waals surface area contributed by atoms with E-state index >= 15 is 0 Å². The van der Waals surface area contributed by atoms with Crippen LogP contribution in [-0.4, -0.2) is 47.8 Å². The van der Waals surface area contributed by atoms with E-state index in [-0.39, 0.29) is 11.5 Å². The molecule has 1 aliphatic heterocycles. The number of thiazole rings is 1. The Hall–Kier alpha value is -1.30. The molecule has 0 N–H and O–H groups in total. The molecule has 22 heavy (non-hydrogen) atoms. The Morgan fingerprint density at radius 3 is 2.18 bits per heavy atom. The van der Waals surface area contributed by atoms with Crippen LogP contribution >= 0.6 is 11.3 Å². The van der Waals surface area contributed by atoms with E-state index < -0.39 is 5.60 Å². The van der Waals surface area contributed by atoms with Crippen LogP contribution < -0.4 is 4.90 Å². The van der Waals surface area contributed by atoms with Crippen molar-refractivity contribution in [3.63, 3.8) is 0 Å². The molecular formula is C16H27N3O2S. The number of nitrogens with zero attached hydrogens (tertiary/aromatic N) is 3. The maximum atomic E-state index is 12.1. The van der Waals surface area contributed by atoms with Crippen LogP contribution in [0.25, 0.3) is 0 Å². The molecule has 6 heteroatoms. The number of piperazine rings is 1. The minimum Gasteiger partial charge on any atom is -0.444 e. The Bertz CT molecular complexity index is 520. The van der Waals surface area contributed by atoms with Gasteiger partial charge in [0.25, 0.3) is 0 Å². The Labute approximate surface area is 137 Å². The molecule has 5 nitrogen and oxygen atoms in total. The molecule has 0 aromatic carbocycles. The lowest BCUT2D eigenvalue weighted by Crippen LogP contribution is -2.50. The van der Waals surface area contributed by atoms with Gasteiger partial charge in [0, 0.05) is 37.0 Å². The zero-order valence-corrected chi connectivity index (χ0v) is 15.3. The lowest BCUT2D eigenvalue weighted by molar-refractivity contribution is 0.0240. The van der Waals surface area contributed by atoms with Gasteiger partial charge in [0.15, 0.2) is 5.13 Å². The number of rotatable bonds is 1. The van der Waals surface area contributed by atoms with Crippen LogP contribution in [0.5, 0.6) is 0 Å². The summed E-state index contributed by atoms with van der Waals surface area (Å²) in [6.07, 6.45) is -0.221. The van der Waals surface area contributed by atoms with Crippen LogP contribution in [0, 0.1) is 0 Å². The molecule has 1 aromatic heterocycles. The summed E-state index contributed by atoms with van der Waals surface area (Å²) in [7, 11) is 0. The van der Waals surface area contributed by atoms with Crippen molar-refractivity contribution in [1.82, 2.24) is 9.88 Å². The van der Waals surface area contributed by atoms with Crippen LogP contribution in [0.4, 0.5) is 9.93 Å². The first-order valence-corrected chi connectivity index (χ1v) is 8.63. The predicted molar refractivity (Wildman–Crippen MR) is 90.8 cm³/mol. The number of ether oxygens (including phenoxy) is 1. The Morgan fingerprint density at radius 1 is 1.14 bits per heavy atom. The van der Waals surface area contributed by atoms with Gasteiger partial charge in [-0.3, -0.25) is 0 Å². The minimum absolute atomic E-state index is 0.0765. The van der Waals surface area contributed by atoms with Crippen molar-refractivity contribution in [2.24, 2.45) is 0 Å². The molecule has 2 heterocycles. The minimum atomic E-state index is -0.439. The van der Waals surface area contributed by atoms with Crippen LogP contribution in [0.1, 0.15) is 47.2 Å². The fourth-order valence-corrected chi connectivity index (χ4v) is 3.27. The highest BCUT2D eigenvalue weighted by Crippen LogP contribution is 2.29. The summed E-state index contributed by atoms with van der Waals surface area (Å²) in [5.41, 5.74) is 0.764. The van der Waals surface area contributed by atoms with Gasteiger partial charge in [0.1, 0.15) is 5.60 Å². The first kappa shape index (κ1) is 17.1. The first-order chi connectivity index (χ1) is 10.1. The number of amides is 1. The molecule has 1 aliphatic rings. The van der Waals surface area contributed by atoms with Gasteiger partial charge < -0.3 is 14.5 Å². The second kappa shape index (κ2) is 6.07. The van der Waals surface area contributed by atoms with E-state index in [0.29, 0.717) is 13.1 Å². The topological polar surface area (TPSA) is 45.7 Å². The smallest absolute Gasteiger partial charge is 0.410 e. The molecule has 0 bridgehead atoms. The second-order valence-corrected chi connectivity index (χ2v) is 8.56. The van der Waals surface area contributed by atoms with E-state index in [4.69, 9.17) is 9.72 Å². The predicted octanol–water partition coefficient (Wildman–Crippen LogP) is 3.50. The normalized spacial score (nSPS) is 16.8. The Kier molecular flexibility index (Phi) is 4.70. The Balaban J connectivity index is 1.92. The standard InChI is InChI=1S/C16H27N3O2S/c1-15(2,3)12-11-22-13(17-12)18-7-9-19(10-8-18)14(20)21-16(4,5)6/h11H,7-10H2,1-6H3. The van der Waals surface area contributed by atoms with Gasteiger partial charge >= 0.3 is 6.09 Å². The number of carbonyl (C=O) groups is 1. The highest BCUT2D eigenvalue weighted by Gasteiger charge is 2.27. The number of aromatic nitrogens is 1. The molecule has 0 aliphatic carbocycles. The largest absolute Gasteiger partial charge is 0.444 e. The summed E-state index contributed by atoms with van der Waals surface area (Å²) in [6.45, 7) is 15.2. The highest BCUT2D eigenvalue weighted by molar-refractivity contribution is 7.13. The summed E-state index contributed by atoms with van der Waals surface area (Å²) < 4.78 is 5.42. The van der Waals surface area contributed by atoms with E-state index in [0.717, 1.165) is 23.9 Å². The zero-order valence-electron chi connectivity index (χ0n) is 14.5. The molecule has 1 aromatic rings.